The van der Waals surface area contributed by atoms with E-state index in [9.17, 15) is 0 Å². The molecule has 1 aliphatic carbocycles. The van der Waals surface area contributed by atoms with Gasteiger partial charge in [0.05, 0.1) is 10.2 Å². The predicted octanol–water partition coefficient (Wildman–Crippen LogP) is 4.48. The van der Waals surface area contributed by atoms with Crippen molar-refractivity contribution in [1.29, 1.82) is 0 Å². The van der Waals surface area contributed by atoms with Gasteiger partial charge in [-0.15, -0.1) is 0 Å². The fraction of sp³-hybridized carbons (Fsp3) is 0.733. The first-order valence-corrected chi connectivity index (χ1v) is 7.78. The van der Waals surface area contributed by atoms with Gasteiger partial charge in [0.1, 0.15) is 11.6 Å². The molecule has 4 heteroatoms. The van der Waals surface area contributed by atoms with Gasteiger partial charge in [-0.1, -0.05) is 34.6 Å². The lowest BCUT2D eigenvalue weighted by Crippen LogP contribution is -2.18. The van der Waals surface area contributed by atoms with Gasteiger partial charge in [-0.2, -0.15) is 0 Å². The number of anilines is 1. The van der Waals surface area contributed by atoms with Gasteiger partial charge in [0.15, 0.2) is 0 Å². The Hall–Kier alpha value is -0.640. The molecule has 1 aliphatic rings. The van der Waals surface area contributed by atoms with Crippen molar-refractivity contribution < 1.29 is 0 Å². The molecule has 1 unspecified atom stereocenters. The second-order valence-electron chi connectivity index (χ2n) is 7.12. The summed E-state index contributed by atoms with van der Waals surface area (Å²) in [6, 6.07) is 0. The number of nitrogens with zero attached hydrogens (tertiary/aromatic N) is 2. The lowest BCUT2D eigenvalue weighted by Gasteiger charge is -2.22. The third-order valence-corrected chi connectivity index (χ3v) is 4.50. The molecule has 3 nitrogen and oxygen atoms in total. The summed E-state index contributed by atoms with van der Waals surface area (Å²) in [5.41, 5.74) is 1.46. The average molecular weight is 326 g/mol. The molecule has 1 aromatic heterocycles. The van der Waals surface area contributed by atoms with Gasteiger partial charge in [-0.05, 0) is 34.7 Å². The molecule has 106 valence electrons. The Morgan fingerprint density at radius 3 is 2.32 bits per heavy atom. The van der Waals surface area contributed by atoms with E-state index in [1.807, 2.05) is 0 Å². The molecule has 0 aromatic carbocycles. The average Bonchev–Trinajstić information content (AvgIpc) is 2.89. The number of nitrogens with one attached hydrogen (secondary N) is 1. The maximum absolute atomic E-state index is 4.85. The van der Waals surface area contributed by atoms with Crippen molar-refractivity contribution in [3.8, 4) is 0 Å². The number of rotatable bonds is 3. The highest BCUT2D eigenvalue weighted by Gasteiger charge is 2.49. The van der Waals surface area contributed by atoms with Gasteiger partial charge in [0.25, 0.3) is 0 Å². The van der Waals surface area contributed by atoms with Crippen LogP contribution in [0.1, 0.15) is 65.4 Å². The zero-order valence-corrected chi connectivity index (χ0v) is 14.3. The minimum atomic E-state index is 0.0136. The molecule has 0 spiro atoms. The van der Waals surface area contributed by atoms with Crippen LogP contribution in [0.5, 0.6) is 0 Å². The summed E-state index contributed by atoms with van der Waals surface area (Å²) in [6.07, 6.45) is 1.18. The monoisotopic (exact) mass is 325 g/mol. The van der Waals surface area contributed by atoms with E-state index in [1.165, 1.54) is 6.42 Å². The van der Waals surface area contributed by atoms with Crippen molar-refractivity contribution >= 4 is 21.7 Å². The van der Waals surface area contributed by atoms with Gasteiger partial charge < -0.3 is 5.32 Å². The summed E-state index contributed by atoms with van der Waals surface area (Å²) in [5.74, 6) is 2.42. The van der Waals surface area contributed by atoms with E-state index in [1.54, 1.807) is 0 Å². The van der Waals surface area contributed by atoms with Crippen LogP contribution >= 0.6 is 15.9 Å². The van der Waals surface area contributed by atoms with Crippen LogP contribution in [0.3, 0.4) is 0 Å². The molecule has 1 fully saturated rings. The third kappa shape index (κ3) is 2.93. The van der Waals surface area contributed by atoms with Crippen molar-refractivity contribution in [2.24, 2.45) is 5.41 Å². The molecular weight excluding hydrogens is 302 g/mol. The second kappa shape index (κ2) is 4.72. The van der Waals surface area contributed by atoms with Crippen molar-refractivity contribution in [2.45, 2.75) is 59.3 Å². The minimum Gasteiger partial charge on any atom is -0.369 e. The summed E-state index contributed by atoms with van der Waals surface area (Å²) in [4.78, 5) is 9.57. The lowest BCUT2D eigenvalue weighted by atomic mass is 9.91. The summed E-state index contributed by atoms with van der Waals surface area (Å²) in [5, 5.41) is 3.34. The van der Waals surface area contributed by atoms with Gasteiger partial charge in [-0.25, -0.2) is 9.97 Å². The zero-order chi connectivity index (χ0) is 14.4. The van der Waals surface area contributed by atoms with E-state index < -0.39 is 0 Å². The van der Waals surface area contributed by atoms with Crippen molar-refractivity contribution in [2.75, 3.05) is 11.9 Å². The molecule has 2 rings (SSSR count). The van der Waals surface area contributed by atoms with Crippen LogP contribution in [0, 0.1) is 5.41 Å². The van der Waals surface area contributed by atoms with E-state index in [-0.39, 0.29) is 5.41 Å². The molecular formula is C15H24BrN3. The molecule has 1 saturated carbocycles. The molecule has 0 saturated heterocycles. The zero-order valence-electron chi connectivity index (χ0n) is 12.8. The first-order chi connectivity index (χ1) is 8.66. The molecule has 1 atom stereocenters. The first-order valence-electron chi connectivity index (χ1n) is 6.98. The Bertz CT molecular complexity index is 489. The van der Waals surface area contributed by atoms with E-state index in [0.717, 1.165) is 28.4 Å². The number of hydrogen-bond donors (Lipinski definition) is 1. The molecule has 0 amide bonds. The Morgan fingerprint density at radius 1 is 1.32 bits per heavy atom. The van der Waals surface area contributed by atoms with Gasteiger partial charge >= 0.3 is 0 Å². The van der Waals surface area contributed by atoms with E-state index in [0.29, 0.717) is 11.3 Å². The van der Waals surface area contributed by atoms with Crippen LogP contribution in [0.2, 0.25) is 0 Å². The Kier molecular flexibility index (Phi) is 3.67. The third-order valence-electron chi connectivity index (χ3n) is 3.75. The molecule has 0 radical (unpaired) electrons. The van der Waals surface area contributed by atoms with Crippen LogP contribution < -0.4 is 5.32 Å². The minimum absolute atomic E-state index is 0.0136. The number of hydrogen-bond acceptors (Lipinski definition) is 3. The van der Waals surface area contributed by atoms with Crippen molar-refractivity contribution in [3.05, 3.63) is 16.0 Å². The smallest absolute Gasteiger partial charge is 0.144 e. The maximum atomic E-state index is 4.85. The normalized spacial score (nSPS) is 21.3. The molecule has 1 N–H and O–H groups in total. The van der Waals surface area contributed by atoms with Crippen molar-refractivity contribution in [3.63, 3.8) is 0 Å². The Labute approximate surface area is 124 Å². The van der Waals surface area contributed by atoms with E-state index >= 15 is 0 Å². The fourth-order valence-electron chi connectivity index (χ4n) is 2.31. The number of halogens is 1. The highest BCUT2D eigenvalue weighted by molar-refractivity contribution is 9.10. The van der Waals surface area contributed by atoms with E-state index in [4.69, 9.17) is 9.97 Å². The molecule has 1 heterocycles. The highest BCUT2D eigenvalue weighted by atomic mass is 79.9. The molecule has 0 aliphatic heterocycles. The quantitative estimate of drug-likeness (QED) is 0.890. The molecule has 1 aromatic rings. The maximum Gasteiger partial charge on any atom is 0.144 e. The second-order valence-corrected chi connectivity index (χ2v) is 7.91. The summed E-state index contributed by atoms with van der Waals surface area (Å²) < 4.78 is 1.00. The standard InChI is InChI=1S/C15H24BrN3/c1-7-17-13-10(16)11(14(2,3)4)18-12(19-13)9-8-15(9,5)6/h9H,7-8H2,1-6H3,(H,17,18,19). The largest absolute Gasteiger partial charge is 0.369 e. The summed E-state index contributed by atoms with van der Waals surface area (Å²) >= 11 is 3.66. The predicted molar refractivity (Wildman–Crippen MR) is 83.7 cm³/mol. The Morgan fingerprint density at radius 2 is 1.89 bits per heavy atom. The molecule has 0 bridgehead atoms. The van der Waals surface area contributed by atoms with Crippen LogP contribution in [-0.4, -0.2) is 16.5 Å². The van der Waals surface area contributed by atoms with Crippen LogP contribution in [0.15, 0.2) is 4.47 Å². The van der Waals surface area contributed by atoms with Crippen molar-refractivity contribution in [1.82, 2.24) is 9.97 Å². The van der Waals surface area contributed by atoms with Crippen LogP contribution in [0.25, 0.3) is 0 Å². The number of aromatic nitrogens is 2. The fourth-order valence-corrected chi connectivity index (χ4v) is 3.22. The SMILES string of the molecule is CCNc1nc(C2CC2(C)C)nc(C(C)(C)C)c1Br. The summed E-state index contributed by atoms with van der Waals surface area (Å²) in [6.45, 7) is 14.1. The van der Waals surface area contributed by atoms with Gasteiger partial charge in [-0.3, -0.25) is 0 Å². The Balaban J connectivity index is 2.49. The first kappa shape index (κ1) is 14.8. The van der Waals surface area contributed by atoms with Gasteiger partial charge in [0, 0.05) is 17.9 Å². The van der Waals surface area contributed by atoms with Gasteiger partial charge in [0.2, 0.25) is 0 Å². The lowest BCUT2D eigenvalue weighted by molar-refractivity contribution is 0.550. The topological polar surface area (TPSA) is 37.8 Å². The van der Waals surface area contributed by atoms with E-state index in [2.05, 4.69) is 62.8 Å². The van der Waals surface area contributed by atoms with Crippen LogP contribution in [-0.2, 0) is 5.41 Å². The summed E-state index contributed by atoms with van der Waals surface area (Å²) in [7, 11) is 0. The van der Waals surface area contributed by atoms with Crippen LogP contribution in [0.4, 0.5) is 5.82 Å². The molecule has 19 heavy (non-hydrogen) atoms. The highest BCUT2D eigenvalue weighted by Crippen LogP contribution is 2.58.